The highest BCUT2D eigenvalue weighted by Crippen LogP contribution is 2.35. The van der Waals surface area contributed by atoms with Crippen molar-refractivity contribution in [2.75, 3.05) is 13.2 Å². The molecule has 2 aliphatic rings. The molecule has 0 aliphatic carbocycles. The number of furan rings is 1. The Balaban J connectivity index is 1.32. The van der Waals surface area contributed by atoms with E-state index in [-0.39, 0.29) is 24.3 Å². The van der Waals surface area contributed by atoms with Crippen LogP contribution in [0, 0.1) is 0 Å². The van der Waals surface area contributed by atoms with E-state index in [1.54, 1.807) is 6.26 Å². The maximum absolute atomic E-state index is 6.05. The molecule has 2 aliphatic heterocycles. The fraction of sp³-hybridized carbons (Fsp3) is 0.389. The zero-order valence-electron chi connectivity index (χ0n) is 14.1. The summed E-state index contributed by atoms with van der Waals surface area (Å²) in [6, 6.07) is 13.8. The van der Waals surface area contributed by atoms with Gasteiger partial charge in [0.05, 0.1) is 32.1 Å². The minimum absolute atomic E-state index is 0.0252. The smallest absolute Gasteiger partial charge is 0.182 e. The second kappa shape index (κ2) is 6.64. The van der Waals surface area contributed by atoms with Crippen LogP contribution in [-0.4, -0.2) is 51.7 Å². The van der Waals surface area contributed by atoms with Gasteiger partial charge in [0, 0.05) is 5.56 Å². The quantitative estimate of drug-likeness (QED) is 0.742. The van der Waals surface area contributed by atoms with Gasteiger partial charge in [0.15, 0.2) is 5.82 Å². The monoisotopic (exact) mass is 353 g/mol. The normalized spacial score (nSPS) is 27.7. The van der Waals surface area contributed by atoms with Crippen molar-refractivity contribution in [2.45, 2.75) is 30.8 Å². The zero-order chi connectivity index (χ0) is 17.3. The Bertz CT molecular complexity index is 851. The maximum atomic E-state index is 6.05. The number of tetrazole rings is 1. The van der Waals surface area contributed by atoms with Gasteiger partial charge >= 0.3 is 0 Å². The van der Waals surface area contributed by atoms with Crippen LogP contribution in [0.25, 0.3) is 11.4 Å². The third-order valence-electron chi connectivity index (χ3n) is 4.98. The van der Waals surface area contributed by atoms with Crippen LogP contribution in [-0.2, 0) is 16.0 Å². The fourth-order valence-corrected chi connectivity index (χ4v) is 3.70. The highest BCUT2D eigenvalue weighted by atomic mass is 16.6. The molecule has 0 radical (unpaired) electrons. The van der Waals surface area contributed by atoms with E-state index in [1.807, 2.05) is 47.1 Å². The molecule has 2 fully saturated rings. The zero-order valence-corrected chi connectivity index (χ0v) is 14.1. The Morgan fingerprint density at radius 1 is 1.04 bits per heavy atom. The average molecular weight is 353 g/mol. The SMILES string of the molecule is c1ccc(-c2nnnn2[C@H]2CO[C@H]3[C@@H]2OC[C@@H]3NCc2ccco2)cc1. The maximum Gasteiger partial charge on any atom is 0.182 e. The molecule has 4 heterocycles. The van der Waals surface area contributed by atoms with E-state index in [0.29, 0.717) is 19.8 Å². The molecule has 3 aromatic rings. The molecule has 134 valence electrons. The Hall–Kier alpha value is -2.55. The molecule has 2 saturated heterocycles. The standard InChI is InChI=1S/C18H19N5O3/c1-2-5-12(6-3-1)18-20-21-22-23(18)15-11-26-16-14(10-25-17(15)16)19-9-13-7-4-8-24-13/h1-8,14-17,19H,9-11H2/t14-,15-,16+,17+/m0/s1. The summed E-state index contributed by atoms with van der Waals surface area (Å²) >= 11 is 0. The average Bonchev–Trinajstić information content (AvgIpc) is 3.44. The predicted octanol–water partition coefficient (Wildman–Crippen LogP) is 1.43. The summed E-state index contributed by atoms with van der Waals surface area (Å²) in [4.78, 5) is 0. The number of benzene rings is 1. The Labute approximate surface area is 150 Å². The van der Waals surface area contributed by atoms with Crippen molar-refractivity contribution in [3.8, 4) is 11.4 Å². The van der Waals surface area contributed by atoms with Crippen LogP contribution >= 0.6 is 0 Å². The number of nitrogens with zero attached hydrogens (tertiary/aromatic N) is 4. The van der Waals surface area contributed by atoms with E-state index in [9.17, 15) is 0 Å². The third kappa shape index (κ3) is 2.72. The summed E-state index contributed by atoms with van der Waals surface area (Å²) in [6.45, 7) is 1.77. The van der Waals surface area contributed by atoms with Crippen molar-refractivity contribution >= 4 is 0 Å². The highest BCUT2D eigenvalue weighted by Gasteiger charge is 2.49. The van der Waals surface area contributed by atoms with Crippen molar-refractivity contribution in [3.05, 3.63) is 54.5 Å². The van der Waals surface area contributed by atoms with Gasteiger partial charge in [-0.2, -0.15) is 0 Å². The van der Waals surface area contributed by atoms with Gasteiger partial charge in [0.2, 0.25) is 0 Å². The molecule has 2 aromatic heterocycles. The van der Waals surface area contributed by atoms with Crippen LogP contribution in [0.5, 0.6) is 0 Å². The van der Waals surface area contributed by atoms with Gasteiger partial charge in [0.25, 0.3) is 0 Å². The van der Waals surface area contributed by atoms with Crippen molar-refractivity contribution in [1.29, 1.82) is 0 Å². The number of rotatable bonds is 5. The first-order valence-electron chi connectivity index (χ1n) is 8.72. The number of aromatic nitrogens is 4. The molecule has 8 nitrogen and oxygen atoms in total. The molecule has 1 aromatic carbocycles. The molecule has 5 rings (SSSR count). The molecule has 8 heteroatoms. The second-order valence-corrected chi connectivity index (χ2v) is 6.54. The number of fused-ring (bicyclic) bond motifs is 1. The van der Waals surface area contributed by atoms with Crippen LogP contribution in [0.4, 0.5) is 0 Å². The Morgan fingerprint density at radius 3 is 2.77 bits per heavy atom. The van der Waals surface area contributed by atoms with E-state index in [4.69, 9.17) is 13.9 Å². The first-order valence-corrected chi connectivity index (χ1v) is 8.72. The lowest BCUT2D eigenvalue weighted by molar-refractivity contribution is 0.0621. The molecule has 1 N–H and O–H groups in total. The first kappa shape index (κ1) is 15.7. The summed E-state index contributed by atoms with van der Waals surface area (Å²) in [5, 5.41) is 15.7. The van der Waals surface area contributed by atoms with Gasteiger partial charge in [0.1, 0.15) is 24.0 Å². The largest absolute Gasteiger partial charge is 0.468 e. The number of hydrogen-bond acceptors (Lipinski definition) is 7. The highest BCUT2D eigenvalue weighted by molar-refractivity contribution is 5.54. The summed E-state index contributed by atoms with van der Waals surface area (Å²) in [5.74, 6) is 1.63. The van der Waals surface area contributed by atoms with Crippen molar-refractivity contribution in [3.63, 3.8) is 0 Å². The molecular formula is C18H19N5O3. The summed E-state index contributed by atoms with van der Waals surface area (Å²) in [5.41, 5.74) is 0.978. The molecule has 26 heavy (non-hydrogen) atoms. The molecule has 0 unspecified atom stereocenters. The molecule has 0 bridgehead atoms. The number of ether oxygens (including phenoxy) is 2. The Kier molecular flexibility index (Phi) is 4.00. The molecule has 0 saturated carbocycles. The van der Waals surface area contributed by atoms with E-state index in [0.717, 1.165) is 17.1 Å². The van der Waals surface area contributed by atoms with Crippen LogP contribution in [0.15, 0.2) is 53.1 Å². The van der Waals surface area contributed by atoms with Crippen molar-refractivity contribution in [2.24, 2.45) is 0 Å². The van der Waals surface area contributed by atoms with E-state index >= 15 is 0 Å². The summed E-state index contributed by atoms with van der Waals surface area (Å²) in [7, 11) is 0. The lowest BCUT2D eigenvalue weighted by atomic mass is 10.1. The minimum Gasteiger partial charge on any atom is -0.468 e. The van der Waals surface area contributed by atoms with E-state index in [2.05, 4.69) is 20.8 Å². The molecule has 0 amide bonds. The van der Waals surface area contributed by atoms with Gasteiger partial charge in [-0.05, 0) is 22.6 Å². The fourth-order valence-electron chi connectivity index (χ4n) is 3.70. The van der Waals surface area contributed by atoms with Crippen molar-refractivity contribution < 1.29 is 13.9 Å². The minimum atomic E-state index is -0.0740. The summed E-state index contributed by atoms with van der Waals surface area (Å²) < 4.78 is 19.3. The third-order valence-corrected chi connectivity index (χ3v) is 4.98. The molecule has 4 atom stereocenters. The van der Waals surface area contributed by atoms with Crippen LogP contribution in [0.1, 0.15) is 11.8 Å². The van der Waals surface area contributed by atoms with Gasteiger partial charge in [-0.3, -0.25) is 0 Å². The van der Waals surface area contributed by atoms with Gasteiger partial charge < -0.3 is 19.2 Å². The molecular weight excluding hydrogens is 334 g/mol. The van der Waals surface area contributed by atoms with Crippen LogP contribution < -0.4 is 5.32 Å². The topological polar surface area (TPSA) is 87.2 Å². The number of hydrogen-bond donors (Lipinski definition) is 1. The van der Waals surface area contributed by atoms with Gasteiger partial charge in [-0.25, -0.2) is 4.68 Å². The lowest BCUT2D eigenvalue weighted by Crippen LogP contribution is -2.40. The number of nitrogens with one attached hydrogen (secondary N) is 1. The van der Waals surface area contributed by atoms with Crippen LogP contribution in [0.3, 0.4) is 0 Å². The van der Waals surface area contributed by atoms with Gasteiger partial charge in [-0.15, -0.1) is 5.10 Å². The lowest BCUT2D eigenvalue weighted by Gasteiger charge is -2.18. The predicted molar refractivity (Wildman–Crippen MR) is 91.1 cm³/mol. The van der Waals surface area contributed by atoms with E-state index < -0.39 is 0 Å². The van der Waals surface area contributed by atoms with Crippen LogP contribution in [0.2, 0.25) is 0 Å². The van der Waals surface area contributed by atoms with Gasteiger partial charge in [-0.1, -0.05) is 30.3 Å². The first-order chi connectivity index (χ1) is 12.9. The Morgan fingerprint density at radius 2 is 1.92 bits per heavy atom. The van der Waals surface area contributed by atoms with Crippen molar-refractivity contribution in [1.82, 2.24) is 25.5 Å². The summed E-state index contributed by atoms with van der Waals surface area (Å²) in [6.07, 6.45) is 1.58. The molecule has 0 spiro atoms. The van der Waals surface area contributed by atoms with E-state index in [1.165, 1.54) is 0 Å². The second-order valence-electron chi connectivity index (χ2n) is 6.54.